The number of aromatic carboxylic acids is 1. The predicted molar refractivity (Wildman–Crippen MR) is 83.1 cm³/mol. The van der Waals surface area contributed by atoms with E-state index < -0.39 is 5.97 Å². The molecule has 1 heterocycles. The molecule has 4 atom stereocenters. The van der Waals surface area contributed by atoms with E-state index in [2.05, 4.69) is 5.32 Å². The van der Waals surface area contributed by atoms with Crippen molar-refractivity contribution in [2.75, 3.05) is 5.32 Å². The van der Waals surface area contributed by atoms with Crippen molar-refractivity contribution in [2.24, 2.45) is 29.6 Å². The van der Waals surface area contributed by atoms with E-state index in [1.165, 1.54) is 25.3 Å². The molecule has 4 unspecified atom stereocenters. The van der Waals surface area contributed by atoms with Crippen molar-refractivity contribution in [3.8, 4) is 0 Å². The fourth-order valence-electron chi connectivity index (χ4n) is 5.13. The third-order valence-electron chi connectivity index (χ3n) is 6.03. The summed E-state index contributed by atoms with van der Waals surface area (Å²) in [7, 11) is 0. The first kappa shape index (κ1) is 13.2. The Morgan fingerprint density at radius 1 is 1.13 bits per heavy atom. The lowest BCUT2D eigenvalue weighted by atomic mass is 10.0. The van der Waals surface area contributed by atoms with Gasteiger partial charge in [-0.05, 0) is 67.2 Å². The number of benzene rings is 1. The highest BCUT2D eigenvalue weighted by Crippen LogP contribution is 2.69. The van der Waals surface area contributed by atoms with Gasteiger partial charge in [-0.1, -0.05) is 0 Å². The first-order chi connectivity index (χ1) is 11.1. The van der Waals surface area contributed by atoms with Gasteiger partial charge in [-0.2, -0.15) is 0 Å². The van der Waals surface area contributed by atoms with Crippen LogP contribution in [0.3, 0.4) is 0 Å². The largest absolute Gasteiger partial charge is 0.475 e. The van der Waals surface area contributed by atoms with Crippen LogP contribution in [0.1, 0.15) is 29.8 Å². The monoisotopic (exact) mass is 311 g/mol. The molecule has 0 aliphatic heterocycles. The number of carboxylic acids is 1. The summed E-state index contributed by atoms with van der Waals surface area (Å²) in [6.45, 7) is 0. The molecule has 3 fully saturated rings. The number of carbonyl (C=O) groups is 2. The third-order valence-corrected chi connectivity index (χ3v) is 6.03. The molecule has 1 aromatic heterocycles. The van der Waals surface area contributed by atoms with Crippen molar-refractivity contribution in [1.29, 1.82) is 0 Å². The highest BCUT2D eigenvalue weighted by Gasteiger charge is 2.67. The molecule has 1 amide bonds. The van der Waals surface area contributed by atoms with E-state index in [1.807, 2.05) is 0 Å². The Hall–Kier alpha value is -2.30. The van der Waals surface area contributed by atoms with Gasteiger partial charge in [0.15, 0.2) is 0 Å². The van der Waals surface area contributed by atoms with Gasteiger partial charge >= 0.3 is 5.97 Å². The van der Waals surface area contributed by atoms with Crippen LogP contribution < -0.4 is 5.32 Å². The van der Waals surface area contributed by atoms with Gasteiger partial charge in [0.25, 0.3) is 0 Å². The highest BCUT2D eigenvalue weighted by molar-refractivity contribution is 5.98. The summed E-state index contributed by atoms with van der Waals surface area (Å²) in [6.07, 6.45) is 3.93. The van der Waals surface area contributed by atoms with Crippen LogP contribution in [0, 0.1) is 29.6 Å². The number of amides is 1. The molecule has 3 saturated carbocycles. The third kappa shape index (κ3) is 1.85. The van der Waals surface area contributed by atoms with E-state index in [0.717, 1.165) is 11.8 Å². The molecule has 2 bridgehead atoms. The molecule has 5 nitrogen and oxygen atoms in total. The van der Waals surface area contributed by atoms with Gasteiger partial charge in [0, 0.05) is 17.0 Å². The van der Waals surface area contributed by atoms with Crippen LogP contribution in [0.4, 0.5) is 5.69 Å². The fraction of sp³-hybridized carbons (Fsp3) is 0.444. The highest BCUT2D eigenvalue weighted by atomic mass is 16.4. The second-order valence-corrected chi connectivity index (χ2v) is 7.17. The van der Waals surface area contributed by atoms with Gasteiger partial charge in [0.05, 0.1) is 0 Å². The Morgan fingerprint density at radius 3 is 2.57 bits per heavy atom. The van der Waals surface area contributed by atoms with Crippen LogP contribution in [-0.2, 0) is 4.79 Å². The molecule has 5 rings (SSSR count). The number of fused-ring (bicyclic) bond motifs is 6. The number of rotatable bonds is 3. The second kappa shape index (κ2) is 4.37. The van der Waals surface area contributed by atoms with E-state index in [1.54, 1.807) is 18.2 Å². The summed E-state index contributed by atoms with van der Waals surface area (Å²) < 4.78 is 5.23. The second-order valence-electron chi connectivity index (χ2n) is 7.17. The quantitative estimate of drug-likeness (QED) is 0.911. The van der Waals surface area contributed by atoms with Crippen LogP contribution in [0.5, 0.6) is 0 Å². The van der Waals surface area contributed by atoms with Crippen molar-refractivity contribution >= 4 is 28.5 Å². The van der Waals surface area contributed by atoms with Gasteiger partial charge in [-0.25, -0.2) is 4.79 Å². The van der Waals surface area contributed by atoms with E-state index in [0.29, 0.717) is 28.5 Å². The van der Waals surface area contributed by atoms with Crippen molar-refractivity contribution < 1.29 is 19.1 Å². The molecule has 0 saturated heterocycles. The van der Waals surface area contributed by atoms with E-state index in [-0.39, 0.29) is 17.6 Å². The SMILES string of the molecule is O=C(O)c1cc2cc(NC(=O)C3C4C5CCC(C5)C34)ccc2o1. The molecule has 0 radical (unpaired) electrons. The van der Waals surface area contributed by atoms with Crippen LogP contribution in [-0.4, -0.2) is 17.0 Å². The van der Waals surface area contributed by atoms with E-state index >= 15 is 0 Å². The Balaban J connectivity index is 1.35. The molecule has 2 aromatic rings. The fourth-order valence-corrected chi connectivity index (χ4v) is 5.13. The van der Waals surface area contributed by atoms with Gasteiger partial charge < -0.3 is 14.8 Å². The zero-order valence-electron chi connectivity index (χ0n) is 12.5. The van der Waals surface area contributed by atoms with Crippen LogP contribution in [0.25, 0.3) is 11.0 Å². The topological polar surface area (TPSA) is 79.5 Å². The molecule has 118 valence electrons. The number of anilines is 1. The zero-order valence-corrected chi connectivity index (χ0v) is 12.5. The lowest BCUT2D eigenvalue weighted by Gasteiger charge is -2.09. The first-order valence-electron chi connectivity index (χ1n) is 8.19. The Labute approximate surface area is 132 Å². The first-order valence-corrected chi connectivity index (χ1v) is 8.19. The maximum Gasteiger partial charge on any atom is 0.371 e. The smallest absolute Gasteiger partial charge is 0.371 e. The number of hydrogen-bond donors (Lipinski definition) is 2. The van der Waals surface area contributed by atoms with Crippen molar-refractivity contribution in [1.82, 2.24) is 0 Å². The maximum atomic E-state index is 12.5. The zero-order chi connectivity index (χ0) is 15.7. The van der Waals surface area contributed by atoms with Gasteiger partial charge in [0.2, 0.25) is 11.7 Å². The molecule has 2 N–H and O–H groups in total. The molecular formula is C18H17NO4. The lowest BCUT2D eigenvalue weighted by Crippen LogP contribution is -2.18. The van der Waals surface area contributed by atoms with E-state index in [4.69, 9.17) is 9.52 Å². The van der Waals surface area contributed by atoms with Crippen LogP contribution in [0.2, 0.25) is 0 Å². The molecule has 5 heteroatoms. The Morgan fingerprint density at radius 2 is 1.87 bits per heavy atom. The molecule has 23 heavy (non-hydrogen) atoms. The lowest BCUT2D eigenvalue weighted by molar-refractivity contribution is -0.118. The van der Waals surface area contributed by atoms with Gasteiger partial charge in [-0.15, -0.1) is 0 Å². The van der Waals surface area contributed by atoms with E-state index in [9.17, 15) is 9.59 Å². The number of hydrogen-bond acceptors (Lipinski definition) is 3. The van der Waals surface area contributed by atoms with Crippen LogP contribution >= 0.6 is 0 Å². The minimum atomic E-state index is -1.09. The van der Waals surface area contributed by atoms with Crippen molar-refractivity contribution in [3.05, 3.63) is 30.0 Å². The van der Waals surface area contributed by atoms with Gasteiger partial charge in [0.1, 0.15) is 5.58 Å². The van der Waals surface area contributed by atoms with Crippen molar-refractivity contribution in [3.63, 3.8) is 0 Å². The summed E-state index contributed by atoms with van der Waals surface area (Å²) in [6, 6.07) is 6.73. The summed E-state index contributed by atoms with van der Waals surface area (Å²) in [5.74, 6) is 1.92. The standard InChI is InChI=1S/C18H17NO4/c20-17(16-14-8-1-2-9(5-8)15(14)16)19-11-3-4-12-10(6-11)7-13(23-12)18(21)22/h3-4,6-9,14-16H,1-2,5H2,(H,19,20)(H,21,22). The summed E-state index contributed by atoms with van der Waals surface area (Å²) >= 11 is 0. The summed E-state index contributed by atoms with van der Waals surface area (Å²) in [5.41, 5.74) is 1.22. The average Bonchev–Trinajstić information content (AvgIpc) is 2.88. The number of nitrogens with one attached hydrogen (secondary N) is 1. The average molecular weight is 311 g/mol. The Kier molecular flexibility index (Phi) is 2.50. The number of furan rings is 1. The minimum Gasteiger partial charge on any atom is -0.475 e. The Bertz CT molecular complexity index is 823. The summed E-state index contributed by atoms with van der Waals surface area (Å²) in [5, 5.41) is 12.7. The van der Waals surface area contributed by atoms with Crippen molar-refractivity contribution in [2.45, 2.75) is 19.3 Å². The van der Waals surface area contributed by atoms with Crippen LogP contribution in [0.15, 0.2) is 28.7 Å². The normalized spacial score (nSPS) is 33.7. The molecule has 0 spiro atoms. The molecular weight excluding hydrogens is 294 g/mol. The molecule has 3 aliphatic rings. The predicted octanol–water partition coefficient (Wildman–Crippen LogP) is 3.36. The van der Waals surface area contributed by atoms with Gasteiger partial charge in [-0.3, -0.25) is 4.79 Å². The minimum absolute atomic E-state index is 0.0863. The number of carboxylic acid groups (broad SMARTS) is 1. The maximum absolute atomic E-state index is 12.5. The molecule has 1 aromatic carbocycles. The number of carbonyl (C=O) groups excluding carboxylic acids is 1. The summed E-state index contributed by atoms with van der Waals surface area (Å²) in [4.78, 5) is 23.5. The molecule has 3 aliphatic carbocycles.